The zero-order valence-electron chi connectivity index (χ0n) is 15.6. The molecule has 9 heteroatoms. The van der Waals surface area contributed by atoms with Gasteiger partial charge in [-0.2, -0.15) is 0 Å². The first-order chi connectivity index (χ1) is 12.7. The van der Waals surface area contributed by atoms with Gasteiger partial charge in [0.2, 0.25) is 10.0 Å². The highest BCUT2D eigenvalue weighted by Crippen LogP contribution is 2.41. The summed E-state index contributed by atoms with van der Waals surface area (Å²) in [5, 5.41) is 3.43. The number of hydrogen-bond donors (Lipinski definition) is 2. The Bertz CT molecular complexity index is 1040. The smallest absolute Gasteiger partial charge is 0.316 e. The summed E-state index contributed by atoms with van der Waals surface area (Å²) < 4.78 is 32.4. The molecule has 2 heterocycles. The van der Waals surface area contributed by atoms with Gasteiger partial charge in [-0.05, 0) is 72.1 Å². The van der Waals surface area contributed by atoms with Crippen LogP contribution in [-0.2, 0) is 24.1 Å². The predicted octanol–water partition coefficient (Wildman–Crippen LogP) is 1.84. The number of sulfonamides is 1. The van der Waals surface area contributed by atoms with Gasteiger partial charge in [-0.25, -0.2) is 17.9 Å². The molecular weight excluding hydrogens is 432 g/mol. The Hall–Kier alpha value is -1.16. The fourth-order valence-corrected chi connectivity index (χ4v) is 6.91. The van der Waals surface area contributed by atoms with Crippen LogP contribution in [0, 0.1) is 5.41 Å². The Morgan fingerprint density at radius 2 is 1.78 bits per heavy atom. The maximum Gasteiger partial charge on any atom is 0.328 e. The van der Waals surface area contributed by atoms with Gasteiger partial charge < -0.3 is 5.32 Å². The molecule has 2 aromatic rings. The van der Waals surface area contributed by atoms with Crippen molar-refractivity contribution >= 4 is 37.0 Å². The monoisotopic (exact) mass is 456 g/mol. The van der Waals surface area contributed by atoms with Gasteiger partial charge in [-0.15, -0.1) is 0 Å². The summed E-state index contributed by atoms with van der Waals surface area (Å²) in [5.74, 6) is 0. The number of nitrogens with zero attached hydrogens (tertiary/aromatic N) is 2. The first-order valence-electron chi connectivity index (χ1n) is 9.30. The van der Waals surface area contributed by atoms with E-state index in [-0.39, 0.29) is 16.6 Å². The summed E-state index contributed by atoms with van der Waals surface area (Å²) >= 11 is 3.38. The van der Waals surface area contributed by atoms with Gasteiger partial charge in [-0.1, -0.05) is 0 Å². The number of aromatic nitrogens is 2. The molecule has 0 unspecified atom stereocenters. The van der Waals surface area contributed by atoms with Crippen molar-refractivity contribution in [2.45, 2.75) is 43.0 Å². The summed E-state index contributed by atoms with van der Waals surface area (Å²) in [6, 6.07) is 3.24. The number of benzene rings is 1. The molecule has 1 aromatic carbocycles. The van der Waals surface area contributed by atoms with Crippen LogP contribution in [0.5, 0.6) is 0 Å². The maximum atomic E-state index is 13.0. The lowest BCUT2D eigenvalue weighted by molar-refractivity contribution is 0.194. The highest BCUT2D eigenvalue weighted by atomic mass is 79.9. The zero-order valence-corrected chi connectivity index (χ0v) is 18.0. The second-order valence-corrected chi connectivity index (χ2v) is 10.5. The number of hydrogen-bond acceptors (Lipinski definition) is 4. The van der Waals surface area contributed by atoms with Crippen molar-refractivity contribution < 1.29 is 8.42 Å². The number of fused-ring (bicyclic) bond motifs is 1. The molecule has 148 valence electrons. The number of rotatable bonds is 3. The lowest BCUT2D eigenvalue weighted by Gasteiger charge is -2.36. The molecule has 2 fully saturated rings. The topological polar surface area (TPSA) is 85.1 Å². The van der Waals surface area contributed by atoms with E-state index in [1.165, 1.54) is 15.6 Å². The van der Waals surface area contributed by atoms with Gasteiger partial charge in [-0.3, -0.25) is 9.13 Å². The highest BCUT2D eigenvalue weighted by molar-refractivity contribution is 9.10. The molecule has 4 rings (SSSR count). The van der Waals surface area contributed by atoms with Gasteiger partial charge in [0, 0.05) is 31.2 Å². The van der Waals surface area contributed by atoms with Crippen molar-refractivity contribution in [1.82, 2.24) is 19.2 Å². The van der Waals surface area contributed by atoms with E-state index < -0.39 is 10.0 Å². The summed E-state index contributed by atoms with van der Waals surface area (Å²) in [7, 11) is -0.343. The molecule has 1 aliphatic heterocycles. The zero-order chi connectivity index (χ0) is 19.4. The van der Waals surface area contributed by atoms with Crippen LogP contribution in [0.3, 0.4) is 0 Å². The summed E-state index contributed by atoms with van der Waals surface area (Å²) in [6.45, 7) is 2.12. The molecule has 2 N–H and O–H groups in total. The number of nitrogens with one attached hydrogen (secondary N) is 2. The summed E-state index contributed by atoms with van der Waals surface area (Å²) in [5.41, 5.74) is 1.48. The minimum absolute atomic E-state index is 0.0385. The quantitative estimate of drug-likeness (QED) is 0.737. The van der Waals surface area contributed by atoms with Crippen LogP contribution < -0.4 is 15.7 Å². The lowest BCUT2D eigenvalue weighted by atomic mass is 9.72. The Balaban J connectivity index is 1.60. The molecule has 1 spiro atoms. The Labute approximate surface area is 167 Å². The molecule has 1 saturated heterocycles. The van der Waals surface area contributed by atoms with Crippen LogP contribution in [-0.4, -0.2) is 36.7 Å². The molecular formula is C18H25BrN4O3S. The molecule has 1 aromatic heterocycles. The molecule has 1 aliphatic carbocycles. The number of halogens is 1. The second kappa shape index (κ2) is 6.72. The molecule has 27 heavy (non-hydrogen) atoms. The van der Waals surface area contributed by atoms with Crippen LogP contribution in [0.25, 0.3) is 11.0 Å². The van der Waals surface area contributed by atoms with E-state index in [9.17, 15) is 13.2 Å². The van der Waals surface area contributed by atoms with E-state index in [1.807, 2.05) is 0 Å². The van der Waals surface area contributed by atoms with Crippen molar-refractivity contribution in [3.05, 3.63) is 27.1 Å². The van der Waals surface area contributed by atoms with Crippen LogP contribution in [0.4, 0.5) is 0 Å². The highest BCUT2D eigenvalue weighted by Gasteiger charge is 2.38. The Morgan fingerprint density at radius 3 is 2.37 bits per heavy atom. The first-order valence-corrected chi connectivity index (χ1v) is 11.6. The van der Waals surface area contributed by atoms with Crippen LogP contribution in [0.1, 0.15) is 32.1 Å². The van der Waals surface area contributed by atoms with E-state index in [0.29, 0.717) is 20.9 Å². The normalized spacial score (nSPS) is 26.3. The van der Waals surface area contributed by atoms with E-state index >= 15 is 0 Å². The lowest BCUT2D eigenvalue weighted by Crippen LogP contribution is -2.41. The second-order valence-electron chi connectivity index (χ2n) is 7.99. The third-order valence-corrected chi connectivity index (χ3v) is 8.79. The van der Waals surface area contributed by atoms with Crippen molar-refractivity contribution in [1.29, 1.82) is 0 Å². The largest absolute Gasteiger partial charge is 0.328 e. The van der Waals surface area contributed by atoms with E-state index in [2.05, 4.69) is 26.0 Å². The van der Waals surface area contributed by atoms with Crippen LogP contribution >= 0.6 is 15.9 Å². The maximum absolute atomic E-state index is 13.0. The SMILES string of the molecule is Cn1c(=O)n(C)c2cc(S(=O)(=O)NC3CCC4(CCNC4)CC3)c(Br)cc21. The van der Waals surface area contributed by atoms with Crippen LogP contribution in [0.2, 0.25) is 0 Å². The molecule has 0 radical (unpaired) electrons. The van der Waals surface area contributed by atoms with Crippen molar-refractivity contribution in [2.24, 2.45) is 19.5 Å². The van der Waals surface area contributed by atoms with Crippen molar-refractivity contribution in [3.63, 3.8) is 0 Å². The predicted molar refractivity (Wildman–Crippen MR) is 108 cm³/mol. The Kier molecular flexibility index (Phi) is 4.77. The number of imidazole rings is 1. The fourth-order valence-electron chi connectivity index (χ4n) is 4.56. The standard InChI is InChI=1S/C18H25BrN4O3S/c1-22-14-9-13(19)16(10-15(14)23(2)17(22)24)27(25,26)21-12-3-5-18(6-4-12)7-8-20-11-18/h9-10,12,20-21H,3-8,11H2,1-2H3. The van der Waals surface area contributed by atoms with Gasteiger partial charge in [0.15, 0.2) is 0 Å². The third kappa shape index (κ3) is 3.28. The van der Waals surface area contributed by atoms with Gasteiger partial charge in [0.1, 0.15) is 0 Å². The first kappa shape index (κ1) is 19.2. The van der Waals surface area contributed by atoms with Crippen molar-refractivity contribution in [3.8, 4) is 0 Å². The Morgan fingerprint density at radius 1 is 1.15 bits per heavy atom. The van der Waals surface area contributed by atoms with Crippen molar-refractivity contribution in [2.75, 3.05) is 13.1 Å². The molecule has 0 bridgehead atoms. The number of aryl methyl sites for hydroxylation is 2. The molecule has 7 nitrogen and oxygen atoms in total. The van der Waals surface area contributed by atoms with Gasteiger partial charge >= 0.3 is 5.69 Å². The fraction of sp³-hybridized carbons (Fsp3) is 0.611. The molecule has 0 atom stereocenters. The minimum Gasteiger partial charge on any atom is -0.316 e. The summed E-state index contributed by atoms with van der Waals surface area (Å²) in [6.07, 6.45) is 5.03. The van der Waals surface area contributed by atoms with E-state index in [4.69, 9.17) is 0 Å². The van der Waals surface area contributed by atoms with Crippen LogP contribution in [0.15, 0.2) is 26.3 Å². The third-order valence-electron chi connectivity index (χ3n) is 6.32. The molecule has 1 saturated carbocycles. The van der Waals surface area contributed by atoms with Gasteiger partial charge in [0.05, 0.1) is 15.9 Å². The van der Waals surface area contributed by atoms with Gasteiger partial charge in [0.25, 0.3) is 0 Å². The average Bonchev–Trinajstić information content (AvgIpc) is 3.16. The summed E-state index contributed by atoms with van der Waals surface area (Å²) in [4.78, 5) is 12.3. The minimum atomic E-state index is -3.67. The average molecular weight is 457 g/mol. The molecule has 0 amide bonds. The van der Waals surface area contributed by atoms with E-state index in [0.717, 1.165) is 38.8 Å². The molecule has 2 aliphatic rings. The van der Waals surface area contributed by atoms with E-state index in [1.54, 1.807) is 26.2 Å².